The van der Waals surface area contributed by atoms with Crippen LogP contribution in [0.4, 0.5) is 0 Å². The summed E-state index contributed by atoms with van der Waals surface area (Å²) < 4.78 is 7.09. The first-order chi connectivity index (χ1) is 23.3. The predicted molar refractivity (Wildman–Crippen MR) is 194 cm³/mol. The fourth-order valence-corrected chi connectivity index (χ4v) is 7.92. The van der Waals surface area contributed by atoms with E-state index >= 15 is 0 Å². The van der Waals surface area contributed by atoms with E-state index in [-0.39, 0.29) is 0 Å². The SMILES string of the molecule is c1ccc(-n2c3cc4c5cccnc5n5c6ccccc6nc5c4cc3c3c2ccc2c4ccccc4n(-c4ccccc4)c23)cc1. The lowest BCUT2D eigenvalue weighted by atomic mass is 10.0. The van der Waals surface area contributed by atoms with E-state index in [1.807, 2.05) is 12.3 Å². The minimum Gasteiger partial charge on any atom is -0.309 e. The van der Waals surface area contributed by atoms with Crippen molar-refractivity contribution in [1.29, 1.82) is 0 Å². The molecule has 6 aromatic carbocycles. The zero-order valence-electron chi connectivity index (χ0n) is 25.2. The molecule has 5 heterocycles. The van der Waals surface area contributed by atoms with Crippen molar-refractivity contribution in [3.05, 3.63) is 152 Å². The highest BCUT2D eigenvalue weighted by Gasteiger charge is 2.23. The average molecular weight is 600 g/mol. The lowest BCUT2D eigenvalue weighted by molar-refractivity contribution is 1.17. The molecule has 5 nitrogen and oxygen atoms in total. The van der Waals surface area contributed by atoms with Crippen LogP contribution in [0, 0.1) is 0 Å². The number of aromatic nitrogens is 5. The van der Waals surface area contributed by atoms with E-state index in [0.717, 1.165) is 55.4 Å². The van der Waals surface area contributed by atoms with Crippen molar-refractivity contribution in [2.24, 2.45) is 0 Å². The smallest absolute Gasteiger partial charge is 0.147 e. The van der Waals surface area contributed by atoms with Gasteiger partial charge in [0.15, 0.2) is 0 Å². The molecule has 0 spiro atoms. The Hall–Kier alpha value is -6.46. The van der Waals surface area contributed by atoms with Crippen molar-refractivity contribution >= 4 is 82.1 Å². The molecular weight excluding hydrogens is 574 g/mol. The molecule has 11 aromatic rings. The molecule has 11 rings (SSSR count). The molecule has 0 aliphatic carbocycles. The number of para-hydroxylation sites is 5. The highest BCUT2D eigenvalue weighted by atomic mass is 15.1. The Bertz CT molecular complexity index is 3060. The number of fused-ring (bicyclic) bond motifs is 15. The Morgan fingerprint density at radius 3 is 1.94 bits per heavy atom. The zero-order valence-corrected chi connectivity index (χ0v) is 25.2. The van der Waals surface area contributed by atoms with Gasteiger partial charge in [0.25, 0.3) is 0 Å². The van der Waals surface area contributed by atoms with E-state index < -0.39 is 0 Å². The second-order valence-corrected chi connectivity index (χ2v) is 12.3. The highest BCUT2D eigenvalue weighted by Crippen LogP contribution is 2.44. The van der Waals surface area contributed by atoms with Gasteiger partial charge in [0.2, 0.25) is 0 Å². The Balaban J connectivity index is 1.44. The van der Waals surface area contributed by atoms with Crippen LogP contribution in [0.5, 0.6) is 0 Å². The molecule has 5 aromatic heterocycles. The predicted octanol–water partition coefficient (Wildman–Crippen LogP) is 10.4. The van der Waals surface area contributed by atoms with Crippen molar-refractivity contribution in [3.8, 4) is 11.4 Å². The normalized spacial score (nSPS) is 12.3. The van der Waals surface area contributed by atoms with Crippen LogP contribution < -0.4 is 0 Å². The molecule has 5 heteroatoms. The molecular formula is C42H25N5. The summed E-state index contributed by atoms with van der Waals surface area (Å²) >= 11 is 0. The first kappa shape index (κ1) is 24.8. The number of pyridine rings is 2. The van der Waals surface area contributed by atoms with Crippen molar-refractivity contribution in [3.63, 3.8) is 0 Å². The third kappa shape index (κ3) is 3.22. The van der Waals surface area contributed by atoms with Gasteiger partial charge in [0.1, 0.15) is 11.3 Å². The van der Waals surface area contributed by atoms with Crippen molar-refractivity contribution in [1.82, 2.24) is 23.5 Å². The van der Waals surface area contributed by atoms with Crippen LogP contribution in [0.3, 0.4) is 0 Å². The summed E-state index contributed by atoms with van der Waals surface area (Å²) in [6.07, 6.45) is 1.88. The molecule has 0 aliphatic heterocycles. The molecule has 0 radical (unpaired) electrons. The fourth-order valence-electron chi connectivity index (χ4n) is 7.92. The van der Waals surface area contributed by atoms with Crippen LogP contribution >= 0.6 is 0 Å². The molecule has 0 N–H and O–H groups in total. The second kappa shape index (κ2) is 9.05. The molecule has 0 saturated carbocycles. The third-order valence-electron chi connectivity index (χ3n) is 9.82. The number of benzene rings is 6. The maximum Gasteiger partial charge on any atom is 0.147 e. The van der Waals surface area contributed by atoms with Crippen LogP contribution in [0.2, 0.25) is 0 Å². The molecule has 0 aliphatic rings. The van der Waals surface area contributed by atoms with Gasteiger partial charge in [0, 0.05) is 49.9 Å². The van der Waals surface area contributed by atoms with Crippen molar-refractivity contribution < 1.29 is 0 Å². The summed E-state index contributed by atoms with van der Waals surface area (Å²) in [5, 5.41) is 8.26. The monoisotopic (exact) mass is 599 g/mol. The van der Waals surface area contributed by atoms with E-state index in [0.29, 0.717) is 0 Å². The first-order valence-electron chi connectivity index (χ1n) is 15.9. The van der Waals surface area contributed by atoms with Gasteiger partial charge in [-0.15, -0.1) is 0 Å². The lowest BCUT2D eigenvalue weighted by Crippen LogP contribution is -1.96. The topological polar surface area (TPSA) is 40.1 Å². The number of rotatable bonds is 2. The van der Waals surface area contributed by atoms with Crippen molar-refractivity contribution in [2.75, 3.05) is 0 Å². The van der Waals surface area contributed by atoms with Crippen LogP contribution in [0.25, 0.3) is 93.5 Å². The summed E-state index contributed by atoms with van der Waals surface area (Å²) in [5.41, 5.74) is 10.9. The molecule has 0 fully saturated rings. The standard InChI is InChI=1S/C42H25N5/c1-3-12-26(13-4-1)45-37-22-21-29-28-16-7-9-19-35(28)46(27-14-5-2-6-15-27)40(29)39(37)33-24-32-31(25-38(33)45)30-17-11-23-43-41(30)47-36-20-10-8-18-34(36)44-42(32)47/h1-25H. The van der Waals surface area contributed by atoms with Gasteiger partial charge < -0.3 is 9.13 Å². The Morgan fingerprint density at radius 2 is 1.11 bits per heavy atom. The van der Waals surface area contributed by atoms with Gasteiger partial charge in [-0.25, -0.2) is 9.97 Å². The van der Waals surface area contributed by atoms with Gasteiger partial charge >= 0.3 is 0 Å². The van der Waals surface area contributed by atoms with Crippen LogP contribution in [0.1, 0.15) is 0 Å². The van der Waals surface area contributed by atoms with Gasteiger partial charge in [-0.2, -0.15) is 0 Å². The van der Waals surface area contributed by atoms with Gasteiger partial charge in [-0.05, 0) is 78.2 Å². The van der Waals surface area contributed by atoms with E-state index in [4.69, 9.17) is 9.97 Å². The second-order valence-electron chi connectivity index (χ2n) is 12.3. The number of hydrogen-bond acceptors (Lipinski definition) is 2. The zero-order chi connectivity index (χ0) is 30.6. The summed E-state index contributed by atoms with van der Waals surface area (Å²) in [7, 11) is 0. The van der Waals surface area contributed by atoms with E-state index in [1.54, 1.807) is 0 Å². The molecule has 218 valence electrons. The molecule has 47 heavy (non-hydrogen) atoms. The highest BCUT2D eigenvalue weighted by molar-refractivity contribution is 6.29. The Labute approximate surface area is 268 Å². The van der Waals surface area contributed by atoms with Crippen LogP contribution in [-0.2, 0) is 0 Å². The summed E-state index contributed by atoms with van der Waals surface area (Å²) in [6, 6.07) is 52.1. The van der Waals surface area contributed by atoms with Gasteiger partial charge in [-0.3, -0.25) is 4.40 Å². The third-order valence-corrected chi connectivity index (χ3v) is 9.82. The lowest BCUT2D eigenvalue weighted by Gasteiger charge is -2.11. The van der Waals surface area contributed by atoms with Gasteiger partial charge in [-0.1, -0.05) is 72.8 Å². The minimum absolute atomic E-state index is 0.914. The van der Waals surface area contributed by atoms with Crippen LogP contribution in [0.15, 0.2) is 152 Å². The molecule has 0 bridgehead atoms. The molecule has 0 atom stereocenters. The maximum absolute atomic E-state index is 5.22. The molecule has 0 amide bonds. The number of hydrogen-bond donors (Lipinski definition) is 0. The summed E-state index contributed by atoms with van der Waals surface area (Å²) in [5.74, 6) is 0. The average Bonchev–Trinajstić information content (AvgIpc) is 3.79. The minimum atomic E-state index is 0.914. The summed E-state index contributed by atoms with van der Waals surface area (Å²) in [6.45, 7) is 0. The number of nitrogens with zero attached hydrogens (tertiary/aromatic N) is 5. The van der Waals surface area contributed by atoms with Crippen molar-refractivity contribution in [2.45, 2.75) is 0 Å². The Morgan fingerprint density at radius 1 is 0.404 bits per heavy atom. The largest absolute Gasteiger partial charge is 0.309 e. The molecule has 0 unspecified atom stereocenters. The van der Waals surface area contributed by atoms with Gasteiger partial charge in [0.05, 0.1) is 33.1 Å². The fraction of sp³-hybridized carbons (Fsp3) is 0. The maximum atomic E-state index is 5.22. The van der Waals surface area contributed by atoms with Crippen LogP contribution in [-0.4, -0.2) is 23.5 Å². The van der Waals surface area contributed by atoms with E-state index in [9.17, 15) is 0 Å². The van der Waals surface area contributed by atoms with E-state index in [1.165, 1.54) is 38.1 Å². The summed E-state index contributed by atoms with van der Waals surface area (Å²) in [4.78, 5) is 10.1. The Kier molecular flexibility index (Phi) is 4.78. The quantitative estimate of drug-likeness (QED) is 0.186. The van der Waals surface area contributed by atoms with E-state index in [2.05, 4.69) is 153 Å². The first-order valence-corrected chi connectivity index (χ1v) is 15.9. The number of imidazole rings is 1. The molecule has 0 saturated heterocycles.